The van der Waals surface area contributed by atoms with Gasteiger partial charge in [0, 0.05) is 6.54 Å². The summed E-state index contributed by atoms with van der Waals surface area (Å²) >= 11 is 0. The van der Waals surface area contributed by atoms with Crippen molar-refractivity contribution in [2.75, 3.05) is 11.4 Å². The summed E-state index contributed by atoms with van der Waals surface area (Å²) in [6.07, 6.45) is 3.18. The summed E-state index contributed by atoms with van der Waals surface area (Å²) in [6, 6.07) is 5.84. The van der Waals surface area contributed by atoms with E-state index in [9.17, 15) is 4.79 Å². The topological polar surface area (TPSA) is 67.9 Å². The first kappa shape index (κ1) is 14.4. The minimum Gasteiger partial charge on any atom is -0.443 e. The van der Waals surface area contributed by atoms with Gasteiger partial charge in [0.15, 0.2) is 0 Å². The Bertz CT molecular complexity index is 532. The molecule has 0 aromatic heterocycles. The molecule has 0 saturated heterocycles. The number of benzene rings is 1. The fraction of sp³-hybridized carbons (Fsp3) is 0.467. The van der Waals surface area contributed by atoms with Gasteiger partial charge in [0.2, 0.25) is 0 Å². The maximum atomic E-state index is 12.2. The highest BCUT2D eigenvalue weighted by molar-refractivity contribution is 5.90. The van der Waals surface area contributed by atoms with Gasteiger partial charge in [-0.25, -0.2) is 4.79 Å². The Morgan fingerprint density at radius 2 is 2.20 bits per heavy atom. The number of nitrogens with two attached hydrogens (primary N) is 1. The van der Waals surface area contributed by atoms with Gasteiger partial charge in [-0.2, -0.15) is 5.10 Å². The van der Waals surface area contributed by atoms with Crippen LogP contribution in [0.2, 0.25) is 0 Å². The maximum Gasteiger partial charge on any atom is 0.414 e. The van der Waals surface area contributed by atoms with Crippen LogP contribution in [0.5, 0.6) is 0 Å². The van der Waals surface area contributed by atoms with E-state index in [-0.39, 0.29) is 6.09 Å². The molecule has 2 rings (SSSR count). The average Bonchev–Trinajstić information content (AvgIpc) is 2.36. The van der Waals surface area contributed by atoms with Crippen LogP contribution < -0.4 is 10.7 Å². The minimum atomic E-state index is -0.485. The molecule has 0 saturated carbocycles. The first-order valence-corrected chi connectivity index (χ1v) is 6.77. The highest BCUT2D eigenvalue weighted by Gasteiger charge is 2.27. The summed E-state index contributed by atoms with van der Waals surface area (Å²) in [4.78, 5) is 13.9. The molecule has 1 heterocycles. The fourth-order valence-corrected chi connectivity index (χ4v) is 2.29. The zero-order chi connectivity index (χ0) is 14.8. The van der Waals surface area contributed by atoms with E-state index in [4.69, 9.17) is 10.6 Å². The number of rotatable bonds is 1. The van der Waals surface area contributed by atoms with Crippen LogP contribution >= 0.6 is 0 Å². The van der Waals surface area contributed by atoms with Crippen LogP contribution in [-0.2, 0) is 11.2 Å². The molecule has 108 valence electrons. The summed E-state index contributed by atoms with van der Waals surface area (Å²) in [5.74, 6) is 5.17. The molecular formula is C15H21N3O2. The van der Waals surface area contributed by atoms with E-state index in [1.807, 2.05) is 39.0 Å². The third-order valence-electron chi connectivity index (χ3n) is 3.06. The Balaban J connectivity index is 2.26. The maximum absolute atomic E-state index is 12.2. The molecule has 0 bridgehead atoms. The van der Waals surface area contributed by atoms with Crippen molar-refractivity contribution in [1.29, 1.82) is 0 Å². The lowest BCUT2D eigenvalue weighted by Crippen LogP contribution is -2.39. The van der Waals surface area contributed by atoms with Gasteiger partial charge in [-0.1, -0.05) is 6.07 Å². The molecule has 1 aromatic rings. The summed E-state index contributed by atoms with van der Waals surface area (Å²) in [6.45, 7) is 6.30. The summed E-state index contributed by atoms with van der Waals surface area (Å²) in [7, 11) is 0. The number of carbonyl (C=O) groups excluding carboxylic acids is 1. The first-order valence-electron chi connectivity index (χ1n) is 6.77. The minimum absolute atomic E-state index is 0.293. The first-order chi connectivity index (χ1) is 9.40. The average molecular weight is 275 g/mol. The lowest BCUT2D eigenvalue weighted by molar-refractivity contribution is 0.0578. The van der Waals surface area contributed by atoms with Crippen molar-refractivity contribution in [1.82, 2.24) is 0 Å². The number of nitrogens with zero attached hydrogens (tertiary/aromatic N) is 2. The molecule has 0 atom stereocenters. The monoisotopic (exact) mass is 275 g/mol. The van der Waals surface area contributed by atoms with Crippen molar-refractivity contribution in [3.63, 3.8) is 0 Å². The van der Waals surface area contributed by atoms with Gasteiger partial charge in [-0.05, 0) is 56.9 Å². The second kappa shape index (κ2) is 5.53. The van der Waals surface area contributed by atoms with Crippen molar-refractivity contribution in [3.05, 3.63) is 29.3 Å². The van der Waals surface area contributed by atoms with E-state index >= 15 is 0 Å². The Morgan fingerprint density at radius 3 is 2.85 bits per heavy atom. The predicted molar refractivity (Wildman–Crippen MR) is 80.1 cm³/mol. The SMILES string of the molecule is CC(C)(C)OC(=O)N1CCCc2cc(C=NN)ccc21. The van der Waals surface area contributed by atoms with Crippen LogP contribution in [0.4, 0.5) is 10.5 Å². The number of hydrogen-bond donors (Lipinski definition) is 1. The number of hydrogen-bond acceptors (Lipinski definition) is 4. The molecule has 0 unspecified atom stereocenters. The molecule has 1 amide bonds. The van der Waals surface area contributed by atoms with Crippen LogP contribution in [0.25, 0.3) is 0 Å². The molecule has 1 aliphatic heterocycles. The van der Waals surface area contributed by atoms with E-state index in [1.54, 1.807) is 11.1 Å². The molecule has 0 radical (unpaired) electrons. The number of ether oxygens (including phenoxy) is 1. The molecule has 0 fully saturated rings. The van der Waals surface area contributed by atoms with E-state index in [1.165, 1.54) is 0 Å². The number of carbonyl (C=O) groups is 1. The molecule has 0 aliphatic carbocycles. The van der Waals surface area contributed by atoms with Crippen molar-refractivity contribution in [2.45, 2.75) is 39.2 Å². The summed E-state index contributed by atoms with van der Waals surface area (Å²) in [5, 5.41) is 3.53. The Hall–Kier alpha value is -2.04. The smallest absolute Gasteiger partial charge is 0.414 e. The molecular weight excluding hydrogens is 254 g/mol. The van der Waals surface area contributed by atoms with Crippen LogP contribution in [0, 0.1) is 0 Å². The normalized spacial score (nSPS) is 15.2. The van der Waals surface area contributed by atoms with Crippen molar-refractivity contribution in [3.8, 4) is 0 Å². The summed E-state index contributed by atoms with van der Waals surface area (Å²) < 4.78 is 5.45. The Labute approximate surface area is 119 Å². The van der Waals surface area contributed by atoms with E-state index in [0.29, 0.717) is 6.54 Å². The lowest BCUT2D eigenvalue weighted by atomic mass is 10.00. The van der Waals surface area contributed by atoms with Crippen molar-refractivity contribution in [2.24, 2.45) is 10.9 Å². The van der Waals surface area contributed by atoms with Crippen LogP contribution in [-0.4, -0.2) is 24.5 Å². The number of aryl methyl sites for hydroxylation is 1. The predicted octanol–water partition coefficient (Wildman–Crippen LogP) is 2.67. The molecule has 5 heteroatoms. The summed E-state index contributed by atoms with van der Waals surface area (Å²) in [5.41, 5.74) is 2.50. The molecule has 0 spiro atoms. The van der Waals surface area contributed by atoms with Crippen LogP contribution in [0.3, 0.4) is 0 Å². The van der Waals surface area contributed by atoms with Gasteiger partial charge in [-0.3, -0.25) is 4.90 Å². The largest absolute Gasteiger partial charge is 0.443 e. The third kappa shape index (κ3) is 3.29. The highest BCUT2D eigenvalue weighted by atomic mass is 16.6. The Morgan fingerprint density at radius 1 is 1.45 bits per heavy atom. The van der Waals surface area contributed by atoms with Crippen LogP contribution in [0.1, 0.15) is 38.3 Å². The van der Waals surface area contributed by atoms with Gasteiger partial charge in [-0.15, -0.1) is 0 Å². The lowest BCUT2D eigenvalue weighted by Gasteiger charge is -2.31. The van der Waals surface area contributed by atoms with E-state index < -0.39 is 5.60 Å². The van der Waals surface area contributed by atoms with Crippen molar-refractivity contribution >= 4 is 18.0 Å². The van der Waals surface area contributed by atoms with E-state index in [0.717, 1.165) is 29.7 Å². The van der Waals surface area contributed by atoms with Crippen LogP contribution in [0.15, 0.2) is 23.3 Å². The van der Waals surface area contributed by atoms with Gasteiger partial charge < -0.3 is 10.6 Å². The second-order valence-corrected chi connectivity index (χ2v) is 5.90. The fourth-order valence-electron chi connectivity index (χ4n) is 2.29. The number of fused-ring (bicyclic) bond motifs is 1. The van der Waals surface area contributed by atoms with Crippen molar-refractivity contribution < 1.29 is 9.53 Å². The Kier molecular flexibility index (Phi) is 3.97. The standard InChI is InChI=1S/C15H21N3O2/c1-15(2,3)20-14(19)18-8-4-5-12-9-11(10-17-16)6-7-13(12)18/h6-7,9-10H,4-5,8,16H2,1-3H3. The second-order valence-electron chi connectivity index (χ2n) is 5.90. The number of anilines is 1. The number of amides is 1. The quantitative estimate of drug-likeness (QED) is 0.486. The van der Waals surface area contributed by atoms with Gasteiger partial charge in [0.25, 0.3) is 0 Å². The molecule has 2 N–H and O–H groups in total. The molecule has 5 nitrogen and oxygen atoms in total. The highest BCUT2D eigenvalue weighted by Crippen LogP contribution is 2.29. The third-order valence-corrected chi connectivity index (χ3v) is 3.06. The molecule has 1 aromatic carbocycles. The number of hydrazone groups is 1. The van der Waals surface area contributed by atoms with Gasteiger partial charge in [0.05, 0.1) is 11.9 Å². The molecule has 20 heavy (non-hydrogen) atoms. The zero-order valence-electron chi connectivity index (χ0n) is 12.2. The van der Waals surface area contributed by atoms with E-state index in [2.05, 4.69) is 5.10 Å². The molecule has 1 aliphatic rings. The zero-order valence-corrected chi connectivity index (χ0v) is 12.2. The van der Waals surface area contributed by atoms with Gasteiger partial charge >= 0.3 is 6.09 Å². The van der Waals surface area contributed by atoms with Gasteiger partial charge in [0.1, 0.15) is 5.60 Å².